The van der Waals surface area contributed by atoms with Gasteiger partial charge in [-0.1, -0.05) is 11.6 Å². The summed E-state index contributed by atoms with van der Waals surface area (Å²) in [6, 6.07) is 0. The first-order valence-electron chi connectivity index (χ1n) is 4.00. The third kappa shape index (κ3) is 3.18. The van der Waals surface area contributed by atoms with E-state index in [1.165, 1.54) is 12.4 Å². The molecule has 14 heavy (non-hydrogen) atoms. The van der Waals surface area contributed by atoms with Crippen molar-refractivity contribution in [3.05, 3.63) is 17.5 Å². The Bertz CT molecular complexity index is 332. The van der Waals surface area contributed by atoms with Gasteiger partial charge in [0.1, 0.15) is 11.0 Å². The van der Waals surface area contributed by atoms with E-state index in [2.05, 4.69) is 9.97 Å². The van der Waals surface area contributed by atoms with Crippen LogP contribution in [0.5, 0.6) is 0 Å². The minimum Gasteiger partial charge on any atom is -0.481 e. The third-order valence-corrected chi connectivity index (χ3v) is 1.83. The molecule has 0 aliphatic carbocycles. The largest absolute Gasteiger partial charge is 0.481 e. The molecule has 0 saturated carbocycles. The van der Waals surface area contributed by atoms with E-state index in [9.17, 15) is 4.79 Å². The average Bonchev–Trinajstić information content (AvgIpc) is 2.14. The van der Waals surface area contributed by atoms with Crippen LogP contribution in [-0.2, 0) is 4.79 Å². The van der Waals surface area contributed by atoms with Gasteiger partial charge in [0.05, 0.1) is 18.8 Å². The maximum absolute atomic E-state index is 10.3. The molecule has 0 saturated heterocycles. The summed E-state index contributed by atoms with van der Waals surface area (Å²) >= 11 is 5.64. The van der Waals surface area contributed by atoms with Crippen LogP contribution in [0.3, 0.4) is 0 Å². The highest BCUT2D eigenvalue weighted by Gasteiger charge is 2.05. The van der Waals surface area contributed by atoms with Crippen LogP contribution in [0.15, 0.2) is 12.4 Å². The van der Waals surface area contributed by atoms with E-state index in [1.807, 2.05) is 0 Å². The first-order valence-corrected chi connectivity index (χ1v) is 4.38. The molecule has 0 spiro atoms. The zero-order valence-electron chi connectivity index (χ0n) is 7.64. The lowest BCUT2D eigenvalue weighted by Gasteiger charge is -2.16. The van der Waals surface area contributed by atoms with Crippen LogP contribution in [0.2, 0.25) is 5.15 Å². The molecule has 0 aliphatic heterocycles. The van der Waals surface area contributed by atoms with E-state index in [-0.39, 0.29) is 6.42 Å². The number of carboxylic acids is 1. The van der Waals surface area contributed by atoms with E-state index in [0.717, 1.165) is 0 Å². The highest BCUT2D eigenvalue weighted by Crippen LogP contribution is 2.10. The maximum atomic E-state index is 10.3. The van der Waals surface area contributed by atoms with Crippen LogP contribution in [0.1, 0.15) is 6.42 Å². The number of rotatable bonds is 4. The Morgan fingerprint density at radius 2 is 2.36 bits per heavy atom. The van der Waals surface area contributed by atoms with Gasteiger partial charge in [-0.05, 0) is 0 Å². The van der Waals surface area contributed by atoms with E-state index in [0.29, 0.717) is 17.5 Å². The fourth-order valence-corrected chi connectivity index (χ4v) is 1.04. The number of aromatic nitrogens is 2. The Labute approximate surface area is 86.3 Å². The molecule has 0 bridgehead atoms. The van der Waals surface area contributed by atoms with Crippen molar-refractivity contribution < 1.29 is 9.90 Å². The molecule has 1 N–H and O–H groups in total. The number of aliphatic carboxylic acids is 1. The molecule has 0 unspecified atom stereocenters. The minimum absolute atomic E-state index is 0.0602. The Hall–Kier alpha value is -1.36. The Morgan fingerprint density at radius 1 is 1.64 bits per heavy atom. The molecule has 1 aromatic rings. The van der Waals surface area contributed by atoms with Gasteiger partial charge in [-0.25, -0.2) is 4.98 Å². The molecule has 5 nitrogen and oxygen atoms in total. The third-order valence-electron chi connectivity index (χ3n) is 1.64. The number of hydrogen-bond donors (Lipinski definition) is 1. The molecule has 0 aromatic carbocycles. The smallest absolute Gasteiger partial charge is 0.305 e. The molecule has 0 aliphatic rings. The van der Waals surface area contributed by atoms with Gasteiger partial charge in [0.25, 0.3) is 0 Å². The lowest BCUT2D eigenvalue weighted by Crippen LogP contribution is -2.22. The van der Waals surface area contributed by atoms with Crippen LogP contribution < -0.4 is 4.90 Å². The minimum atomic E-state index is -0.841. The van der Waals surface area contributed by atoms with E-state index >= 15 is 0 Å². The molecular formula is C8H10ClN3O2. The first-order chi connectivity index (χ1) is 6.59. The van der Waals surface area contributed by atoms with Gasteiger partial charge in [-0.3, -0.25) is 9.78 Å². The van der Waals surface area contributed by atoms with Gasteiger partial charge >= 0.3 is 5.97 Å². The van der Waals surface area contributed by atoms with Crippen LogP contribution >= 0.6 is 11.6 Å². The first kappa shape index (κ1) is 10.7. The summed E-state index contributed by atoms with van der Waals surface area (Å²) in [7, 11) is 1.74. The summed E-state index contributed by atoms with van der Waals surface area (Å²) in [6.45, 7) is 0.379. The normalized spacial score (nSPS) is 9.86. The standard InChI is InChI=1S/C8H10ClN3O2/c1-12(3-2-8(13)14)7-5-10-4-6(9)11-7/h4-5H,2-3H2,1H3,(H,13,14). The van der Waals surface area contributed by atoms with E-state index in [1.54, 1.807) is 11.9 Å². The van der Waals surface area contributed by atoms with Crippen LogP contribution in [-0.4, -0.2) is 34.6 Å². The van der Waals surface area contributed by atoms with Crippen molar-refractivity contribution in [2.45, 2.75) is 6.42 Å². The van der Waals surface area contributed by atoms with Crippen molar-refractivity contribution in [2.75, 3.05) is 18.5 Å². The number of hydrogen-bond acceptors (Lipinski definition) is 4. The Morgan fingerprint density at radius 3 is 2.93 bits per heavy atom. The zero-order valence-corrected chi connectivity index (χ0v) is 8.40. The summed E-state index contributed by atoms with van der Waals surface area (Å²) in [5.41, 5.74) is 0. The van der Waals surface area contributed by atoms with Crippen LogP contribution in [0, 0.1) is 0 Å². The lowest BCUT2D eigenvalue weighted by molar-refractivity contribution is -0.136. The van der Waals surface area contributed by atoms with Crippen molar-refractivity contribution >= 4 is 23.4 Å². The predicted molar refractivity (Wildman–Crippen MR) is 52.6 cm³/mol. The monoisotopic (exact) mass is 215 g/mol. The fourth-order valence-electron chi connectivity index (χ4n) is 0.894. The summed E-state index contributed by atoms with van der Waals surface area (Å²) in [5, 5.41) is 8.77. The molecule has 0 atom stereocenters. The quantitative estimate of drug-likeness (QED) is 0.813. The maximum Gasteiger partial charge on any atom is 0.305 e. The molecule has 0 radical (unpaired) electrons. The van der Waals surface area contributed by atoms with Crippen molar-refractivity contribution in [3.63, 3.8) is 0 Å². The van der Waals surface area contributed by atoms with Crippen LogP contribution in [0.25, 0.3) is 0 Å². The Kier molecular flexibility index (Phi) is 3.64. The average molecular weight is 216 g/mol. The second kappa shape index (κ2) is 4.76. The van der Waals surface area contributed by atoms with E-state index < -0.39 is 5.97 Å². The van der Waals surface area contributed by atoms with Gasteiger partial charge in [0.2, 0.25) is 0 Å². The molecule has 6 heteroatoms. The zero-order chi connectivity index (χ0) is 10.6. The number of halogens is 1. The Balaban J connectivity index is 2.60. The predicted octanol–water partition coefficient (Wildman–Crippen LogP) is 1.04. The SMILES string of the molecule is CN(CCC(=O)O)c1cncc(Cl)n1. The lowest BCUT2D eigenvalue weighted by atomic mass is 10.4. The highest BCUT2D eigenvalue weighted by atomic mass is 35.5. The van der Waals surface area contributed by atoms with Gasteiger partial charge in [-0.15, -0.1) is 0 Å². The fraction of sp³-hybridized carbons (Fsp3) is 0.375. The number of nitrogens with zero attached hydrogens (tertiary/aromatic N) is 3. The van der Waals surface area contributed by atoms with Crippen molar-refractivity contribution in [1.82, 2.24) is 9.97 Å². The number of carboxylic acid groups (broad SMARTS) is 1. The molecule has 1 rings (SSSR count). The van der Waals surface area contributed by atoms with Crippen molar-refractivity contribution in [2.24, 2.45) is 0 Å². The van der Waals surface area contributed by atoms with Gasteiger partial charge < -0.3 is 10.0 Å². The summed E-state index contributed by atoms with van der Waals surface area (Å²) in [4.78, 5) is 19.8. The molecular weight excluding hydrogens is 206 g/mol. The van der Waals surface area contributed by atoms with Gasteiger partial charge in [-0.2, -0.15) is 0 Å². The topological polar surface area (TPSA) is 66.3 Å². The second-order valence-corrected chi connectivity index (χ2v) is 3.15. The number of carbonyl (C=O) groups is 1. The highest BCUT2D eigenvalue weighted by molar-refractivity contribution is 6.29. The van der Waals surface area contributed by atoms with Gasteiger partial charge in [0, 0.05) is 13.6 Å². The van der Waals surface area contributed by atoms with Crippen LogP contribution in [0.4, 0.5) is 5.82 Å². The van der Waals surface area contributed by atoms with E-state index in [4.69, 9.17) is 16.7 Å². The molecule has 0 amide bonds. The molecule has 76 valence electrons. The summed E-state index contributed by atoms with van der Waals surface area (Å²) in [6.07, 6.45) is 3.02. The number of anilines is 1. The summed E-state index contributed by atoms with van der Waals surface area (Å²) in [5.74, 6) is -0.273. The van der Waals surface area contributed by atoms with Crippen molar-refractivity contribution in [1.29, 1.82) is 0 Å². The van der Waals surface area contributed by atoms with Crippen molar-refractivity contribution in [3.8, 4) is 0 Å². The molecule has 1 heterocycles. The molecule has 1 aromatic heterocycles. The van der Waals surface area contributed by atoms with Gasteiger partial charge in [0.15, 0.2) is 0 Å². The second-order valence-electron chi connectivity index (χ2n) is 2.77. The summed E-state index contributed by atoms with van der Waals surface area (Å²) < 4.78 is 0. The molecule has 0 fully saturated rings.